The van der Waals surface area contributed by atoms with E-state index in [4.69, 9.17) is 14.6 Å². The molecule has 1 aliphatic rings. The molecule has 0 aromatic heterocycles. The van der Waals surface area contributed by atoms with Gasteiger partial charge in [0.2, 0.25) is 0 Å². The van der Waals surface area contributed by atoms with Gasteiger partial charge >= 0.3 is 5.97 Å². The number of aliphatic hydroxyl groups excluding tert-OH is 1. The third-order valence-electron chi connectivity index (χ3n) is 2.40. The molecule has 5 heteroatoms. The normalized spacial score (nSPS) is 24.7. The molecule has 0 aromatic carbocycles. The van der Waals surface area contributed by atoms with Gasteiger partial charge in [-0.1, -0.05) is 28.7 Å². The van der Waals surface area contributed by atoms with E-state index in [0.717, 1.165) is 11.1 Å². The minimum absolute atomic E-state index is 0.0482. The Hall–Kier alpha value is -0.400. The van der Waals surface area contributed by atoms with E-state index in [0.29, 0.717) is 6.42 Å². The molecule has 1 fully saturated rings. The predicted molar refractivity (Wildman–Crippen MR) is 72.9 cm³/mol. The fraction of sp³-hybridized carbons (Fsp3) is 0.583. The maximum atomic E-state index is 10.8. The average molecular weight is 352 g/mol. The lowest BCUT2D eigenvalue weighted by molar-refractivity contribution is -0.140. The summed E-state index contributed by atoms with van der Waals surface area (Å²) < 4.78 is 12.2. The van der Waals surface area contributed by atoms with Crippen LogP contribution in [0.15, 0.2) is 21.3 Å². The topological polar surface area (TPSA) is 59.1 Å². The molecule has 1 heterocycles. The summed E-state index contributed by atoms with van der Waals surface area (Å²) in [5.41, 5.74) is 2.11. The van der Waals surface area contributed by atoms with E-state index in [2.05, 4.69) is 22.6 Å². The first-order valence-corrected chi connectivity index (χ1v) is 6.67. The highest BCUT2D eigenvalue weighted by Crippen LogP contribution is 2.28. The van der Waals surface area contributed by atoms with Crippen LogP contribution < -0.4 is 0 Å². The van der Waals surface area contributed by atoms with Crippen LogP contribution in [0.1, 0.15) is 20.3 Å². The van der Waals surface area contributed by atoms with Crippen LogP contribution in [0.5, 0.6) is 0 Å². The number of carbonyl (C=O) groups excluding carboxylic acids is 1. The Kier molecular flexibility index (Phi) is 6.15. The standard InChI is InChI=1S/C12H17IO4/c1-8(5-13)3-10(7-16-9(2)15)4-11-12(6-14)17-11/h3,5,11-12,14H,4,6-7H2,1-2H3/b8-5-,10-3-/t11-,12-/m0/s1. The van der Waals surface area contributed by atoms with E-state index in [1.165, 1.54) is 6.92 Å². The Morgan fingerprint density at radius 1 is 1.47 bits per heavy atom. The van der Waals surface area contributed by atoms with Gasteiger partial charge in [0.15, 0.2) is 0 Å². The number of epoxide rings is 1. The summed E-state index contributed by atoms with van der Waals surface area (Å²) in [4.78, 5) is 10.8. The van der Waals surface area contributed by atoms with Crippen LogP contribution in [0.3, 0.4) is 0 Å². The molecular formula is C12H17IO4. The van der Waals surface area contributed by atoms with Gasteiger partial charge in [0.1, 0.15) is 12.7 Å². The van der Waals surface area contributed by atoms with Crippen molar-refractivity contribution >= 4 is 28.6 Å². The largest absolute Gasteiger partial charge is 0.461 e. The number of rotatable bonds is 6. The molecule has 0 spiro atoms. The molecule has 1 aliphatic heterocycles. The molecule has 1 N–H and O–H groups in total. The zero-order valence-corrected chi connectivity index (χ0v) is 12.1. The monoisotopic (exact) mass is 352 g/mol. The fourth-order valence-electron chi connectivity index (χ4n) is 1.49. The van der Waals surface area contributed by atoms with E-state index < -0.39 is 0 Å². The number of ether oxygens (including phenoxy) is 2. The van der Waals surface area contributed by atoms with Crippen LogP contribution in [0, 0.1) is 0 Å². The van der Waals surface area contributed by atoms with Gasteiger partial charge in [-0.3, -0.25) is 4.79 Å². The molecule has 17 heavy (non-hydrogen) atoms. The lowest BCUT2D eigenvalue weighted by Crippen LogP contribution is -2.07. The van der Waals surface area contributed by atoms with Gasteiger partial charge in [0.05, 0.1) is 12.7 Å². The molecular weight excluding hydrogens is 335 g/mol. The summed E-state index contributed by atoms with van der Waals surface area (Å²) >= 11 is 2.16. The molecule has 0 unspecified atom stereocenters. The molecule has 0 bridgehead atoms. The molecule has 0 aliphatic carbocycles. The second kappa shape index (κ2) is 7.13. The first-order chi connectivity index (χ1) is 8.06. The first-order valence-electron chi connectivity index (χ1n) is 5.43. The van der Waals surface area contributed by atoms with Crippen molar-refractivity contribution in [2.45, 2.75) is 32.5 Å². The second-order valence-corrected chi connectivity index (χ2v) is 4.66. The third-order valence-corrected chi connectivity index (χ3v) is 3.38. The highest BCUT2D eigenvalue weighted by molar-refractivity contribution is 14.1. The van der Waals surface area contributed by atoms with Gasteiger partial charge in [-0.25, -0.2) is 0 Å². The van der Waals surface area contributed by atoms with Crippen LogP contribution in [-0.2, 0) is 14.3 Å². The zero-order chi connectivity index (χ0) is 12.8. The minimum atomic E-state index is -0.289. The zero-order valence-electron chi connectivity index (χ0n) is 9.98. The molecule has 2 atom stereocenters. The van der Waals surface area contributed by atoms with Crippen LogP contribution in [0.4, 0.5) is 0 Å². The fourth-order valence-corrected chi connectivity index (χ4v) is 1.66. The lowest BCUT2D eigenvalue weighted by Gasteiger charge is -2.06. The Morgan fingerprint density at radius 2 is 2.18 bits per heavy atom. The molecule has 1 rings (SSSR count). The van der Waals surface area contributed by atoms with Crippen molar-refractivity contribution in [2.24, 2.45) is 0 Å². The number of aliphatic hydroxyl groups is 1. The summed E-state index contributed by atoms with van der Waals surface area (Å²) in [6, 6.07) is 0. The lowest BCUT2D eigenvalue weighted by atomic mass is 10.1. The van der Waals surface area contributed by atoms with Crippen LogP contribution in [0.25, 0.3) is 0 Å². The maximum absolute atomic E-state index is 10.8. The average Bonchev–Trinajstić information content (AvgIpc) is 3.04. The molecule has 1 saturated heterocycles. The van der Waals surface area contributed by atoms with Crippen LogP contribution in [-0.4, -0.2) is 36.5 Å². The Labute approximate surface area is 115 Å². The van der Waals surface area contributed by atoms with Crippen molar-refractivity contribution in [3.05, 3.63) is 21.3 Å². The van der Waals surface area contributed by atoms with Crippen LogP contribution >= 0.6 is 22.6 Å². The van der Waals surface area contributed by atoms with Gasteiger partial charge < -0.3 is 14.6 Å². The smallest absolute Gasteiger partial charge is 0.302 e. The summed E-state index contributed by atoms with van der Waals surface area (Å²) in [5, 5.41) is 8.89. The summed E-state index contributed by atoms with van der Waals surface area (Å²) in [6.45, 7) is 3.71. The van der Waals surface area contributed by atoms with E-state index in [-0.39, 0.29) is 31.4 Å². The summed E-state index contributed by atoms with van der Waals surface area (Å²) in [7, 11) is 0. The molecule has 0 saturated carbocycles. The molecule has 4 nitrogen and oxygen atoms in total. The number of carbonyl (C=O) groups is 1. The van der Waals surface area contributed by atoms with Gasteiger partial charge in [-0.05, 0) is 22.2 Å². The second-order valence-electron chi connectivity index (χ2n) is 4.04. The predicted octanol–water partition coefficient (Wildman–Crippen LogP) is 1.96. The molecule has 0 aromatic rings. The summed E-state index contributed by atoms with van der Waals surface area (Å²) in [5.74, 6) is -0.289. The van der Waals surface area contributed by atoms with Crippen molar-refractivity contribution in [1.29, 1.82) is 0 Å². The molecule has 0 radical (unpaired) electrons. The Morgan fingerprint density at radius 3 is 2.65 bits per heavy atom. The van der Waals surface area contributed by atoms with E-state index >= 15 is 0 Å². The van der Waals surface area contributed by atoms with Crippen molar-refractivity contribution in [1.82, 2.24) is 0 Å². The van der Waals surface area contributed by atoms with E-state index in [9.17, 15) is 4.79 Å². The van der Waals surface area contributed by atoms with Crippen LogP contribution in [0.2, 0.25) is 0 Å². The van der Waals surface area contributed by atoms with Gasteiger partial charge in [0.25, 0.3) is 0 Å². The van der Waals surface area contributed by atoms with E-state index in [1.807, 2.05) is 17.1 Å². The first kappa shape index (κ1) is 14.7. The van der Waals surface area contributed by atoms with Gasteiger partial charge in [0, 0.05) is 13.3 Å². The van der Waals surface area contributed by atoms with Crippen molar-refractivity contribution < 1.29 is 19.4 Å². The van der Waals surface area contributed by atoms with Crippen molar-refractivity contribution in [3.8, 4) is 0 Å². The quantitative estimate of drug-likeness (QED) is 0.344. The number of esters is 1. The Bertz CT molecular complexity index is 335. The van der Waals surface area contributed by atoms with Crippen molar-refractivity contribution in [2.75, 3.05) is 13.2 Å². The highest BCUT2D eigenvalue weighted by atomic mass is 127. The molecule has 0 amide bonds. The van der Waals surface area contributed by atoms with E-state index in [1.54, 1.807) is 0 Å². The number of hydrogen-bond donors (Lipinski definition) is 1. The minimum Gasteiger partial charge on any atom is -0.461 e. The number of hydrogen-bond acceptors (Lipinski definition) is 4. The van der Waals surface area contributed by atoms with Gasteiger partial charge in [-0.15, -0.1) is 0 Å². The highest BCUT2D eigenvalue weighted by Gasteiger charge is 2.38. The summed E-state index contributed by atoms with van der Waals surface area (Å²) in [6.07, 6.45) is 2.69. The Balaban J connectivity index is 2.53. The maximum Gasteiger partial charge on any atom is 0.302 e. The number of halogens is 1. The van der Waals surface area contributed by atoms with Gasteiger partial charge in [-0.2, -0.15) is 0 Å². The number of allylic oxidation sites excluding steroid dienone is 2. The SMILES string of the molecule is CC(=O)OC/C(=C\C(C)=C/I)C[C@@H]1O[C@H]1CO. The van der Waals surface area contributed by atoms with Crippen molar-refractivity contribution in [3.63, 3.8) is 0 Å². The third kappa shape index (κ3) is 5.65. The molecule has 96 valence electrons.